The number of benzene rings is 2. The van der Waals surface area contributed by atoms with E-state index >= 15 is 0 Å². The van der Waals surface area contributed by atoms with Crippen molar-refractivity contribution in [2.45, 2.75) is 17.6 Å². The highest BCUT2D eigenvalue weighted by Crippen LogP contribution is 2.27. The number of alkyl halides is 2. The summed E-state index contributed by atoms with van der Waals surface area (Å²) in [5.41, 5.74) is 1.17. The van der Waals surface area contributed by atoms with E-state index in [0.717, 1.165) is 0 Å². The topological polar surface area (TPSA) is 87.1 Å². The number of thioether (sulfide) groups is 1. The Morgan fingerprint density at radius 3 is 2.34 bits per heavy atom. The van der Waals surface area contributed by atoms with Crippen molar-refractivity contribution in [2.24, 2.45) is 0 Å². The van der Waals surface area contributed by atoms with E-state index in [-0.39, 0.29) is 28.6 Å². The third kappa shape index (κ3) is 4.74. The molecule has 0 radical (unpaired) electrons. The summed E-state index contributed by atoms with van der Waals surface area (Å²) >= 11 is 1.20. The first-order chi connectivity index (χ1) is 14.1. The molecule has 0 amide bonds. The quantitative estimate of drug-likeness (QED) is 0.393. The van der Waals surface area contributed by atoms with E-state index in [1.165, 1.54) is 48.2 Å². The summed E-state index contributed by atoms with van der Waals surface area (Å²) in [4.78, 5) is 4.24. The molecule has 0 spiro atoms. The summed E-state index contributed by atoms with van der Waals surface area (Å²) in [6.45, 7) is -2.89. The van der Waals surface area contributed by atoms with Crippen LogP contribution in [-0.2, 0) is 5.75 Å². The molecular weight excluding hydrogens is 409 g/mol. The Hall–Kier alpha value is -3.34. The number of aromatic nitrogens is 4. The van der Waals surface area contributed by atoms with Crippen LogP contribution in [0.3, 0.4) is 0 Å². The Kier molecular flexibility index (Phi) is 5.47. The number of hydrogen-bond donors (Lipinski definition) is 0. The van der Waals surface area contributed by atoms with Gasteiger partial charge in [-0.3, -0.25) is 0 Å². The summed E-state index contributed by atoms with van der Waals surface area (Å²) in [6, 6.07) is 11.5. The Morgan fingerprint density at radius 2 is 1.62 bits per heavy atom. The van der Waals surface area contributed by atoms with Crippen molar-refractivity contribution in [3.8, 4) is 28.7 Å². The zero-order chi connectivity index (χ0) is 20.2. The first-order valence-electron chi connectivity index (χ1n) is 8.17. The minimum absolute atomic E-state index is 0.0342. The van der Waals surface area contributed by atoms with Gasteiger partial charge in [0.1, 0.15) is 11.6 Å². The molecule has 0 fully saturated rings. The lowest BCUT2D eigenvalue weighted by atomic mass is 10.2. The second kappa shape index (κ2) is 8.35. The molecular formula is C18H11F3N4O3S. The zero-order valence-electron chi connectivity index (χ0n) is 14.5. The van der Waals surface area contributed by atoms with Crippen molar-refractivity contribution in [1.29, 1.82) is 0 Å². The first-order valence-corrected chi connectivity index (χ1v) is 9.15. The summed E-state index contributed by atoms with van der Waals surface area (Å²) in [5.74, 6) is 0.907. The summed E-state index contributed by atoms with van der Waals surface area (Å²) in [7, 11) is 0. The lowest BCUT2D eigenvalue weighted by Gasteiger charge is -2.03. The van der Waals surface area contributed by atoms with E-state index in [0.29, 0.717) is 22.7 Å². The van der Waals surface area contributed by atoms with Gasteiger partial charge in [0.15, 0.2) is 5.82 Å². The van der Waals surface area contributed by atoms with E-state index in [4.69, 9.17) is 8.94 Å². The predicted octanol–water partition coefficient (Wildman–Crippen LogP) is 4.82. The van der Waals surface area contributed by atoms with E-state index in [1.807, 2.05) is 0 Å². The van der Waals surface area contributed by atoms with Crippen LogP contribution in [-0.4, -0.2) is 26.9 Å². The van der Waals surface area contributed by atoms with E-state index in [2.05, 4.69) is 25.1 Å². The average molecular weight is 420 g/mol. The van der Waals surface area contributed by atoms with Gasteiger partial charge in [0.2, 0.25) is 5.89 Å². The van der Waals surface area contributed by atoms with Crippen LogP contribution in [0.1, 0.15) is 5.82 Å². The molecule has 4 rings (SSSR count). The van der Waals surface area contributed by atoms with Gasteiger partial charge in [-0.05, 0) is 48.5 Å². The Bertz CT molecular complexity index is 1080. The molecule has 0 saturated carbocycles. The Balaban J connectivity index is 1.38. The molecule has 0 atom stereocenters. The summed E-state index contributed by atoms with van der Waals surface area (Å²) < 4.78 is 52.4. The van der Waals surface area contributed by atoms with Crippen molar-refractivity contribution in [3.05, 3.63) is 60.2 Å². The predicted molar refractivity (Wildman–Crippen MR) is 95.6 cm³/mol. The molecule has 7 nitrogen and oxygen atoms in total. The third-order valence-electron chi connectivity index (χ3n) is 3.62. The molecule has 2 aromatic carbocycles. The van der Waals surface area contributed by atoms with Crippen LogP contribution in [0.5, 0.6) is 5.75 Å². The lowest BCUT2D eigenvalue weighted by Crippen LogP contribution is -2.01. The van der Waals surface area contributed by atoms with Crippen molar-refractivity contribution < 1.29 is 26.8 Å². The third-order valence-corrected chi connectivity index (χ3v) is 4.43. The normalized spacial score (nSPS) is 11.2. The molecule has 0 aliphatic carbocycles. The first kappa shape index (κ1) is 19.0. The summed E-state index contributed by atoms with van der Waals surface area (Å²) in [6.07, 6.45) is 0. The maximum atomic E-state index is 13.0. The average Bonchev–Trinajstić information content (AvgIpc) is 3.37. The fourth-order valence-electron chi connectivity index (χ4n) is 2.31. The molecule has 29 heavy (non-hydrogen) atoms. The van der Waals surface area contributed by atoms with Gasteiger partial charge in [-0.25, -0.2) is 4.39 Å². The number of halogens is 3. The van der Waals surface area contributed by atoms with Gasteiger partial charge in [0.05, 0.1) is 5.75 Å². The van der Waals surface area contributed by atoms with Crippen LogP contribution in [0, 0.1) is 5.82 Å². The fourth-order valence-corrected chi connectivity index (χ4v) is 2.92. The molecule has 0 unspecified atom stereocenters. The molecule has 0 aliphatic heterocycles. The zero-order valence-corrected chi connectivity index (χ0v) is 15.3. The maximum absolute atomic E-state index is 13.0. The highest BCUT2D eigenvalue weighted by atomic mass is 32.2. The van der Waals surface area contributed by atoms with Gasteiger partial charge in [-0.15, -0.1) is 10.2 Å². The second-order valence-electron chi connectivity index (χ2n) is 5.59. The molecule has 148 valence electrons. The number of rotatable bonds is 7. The Morgan fingerprint density at radius 1 is 0.931 bits per heavy atom. The van der Waals surface area contributed by atoms with Gasteiger partial charge >= 0.3 is 6.61 Å². The molecule has 0 bridgehead atoms. The number of hydrogen-bond acceptors (Lipinski definition) is 8. The monoisotopic (exact) mass is 420 g/mol. The molecule has 2 aromatic heterocycles. The SMILES string of the molecule is Fc1ccc(-c2nc(CSc3nnc(-c4ccc(OC(F)F)cc4)o3)no2)cc1. The van der Waals surface area contributed by atoms with Crippen LogP contribution in [0.25, 0.3) is 22.9 Å². The van der Waals surface area contributed by atoms with E-state index < -0.39 is 6.61 Å². The van der Waals surface area contributed by atoms with Crippen LogP contribution in [0.15, 0.2) is 62.7 Å². The van der Waals surface area contributed by atoms with Gasteiger partial charge in [0, 0.05) is 11.1 Å². The highest BCUT2D eigenvalue weighted by Gasteiger charge is 2.13. The molecule has 0 aliphatic rings. The van der Waals surface area contributed by atoms with Crippen molar-refractivity contribution >= 4 is 11.8 Å². The van der Waals surface area contributed by atoms with Crippen molar-refractivity contribution in [2.75, 3.05) is 0 Å². The van der Waals surface area contributed by atoms with Crippen LogP contribution >= 0.6 is 11.8 Å². The van der Waals surface area contributed by atoms with Crippen LogP contribution < -0.4 is 4.74 Å². The van der Waals surface area contributed by atoms with Gasteiger partial charge < -0.3 is 13.7 Å². The number of nitrogens with zero attached hydrogens (tertiary/aromatic N) is 4. The largest absolute Gasteiger partial charge is 0.435 e. The molecule has 2 heterocycles. The lowest BCUT2D eigenvalue weighted by molar-refractivity contribution is -0.0498. The van der Waals surface area contributed by atoms with Crippen LogP contribution in [0.4, 0.5) is 13.2 Å². The van der Waals surface area contributed by atoms with Crippen LogP contribution in [0.2, 0.25) is 0 Å². The highest BCUT2D eigenvalue weighted by molar-refractivity contribution is 7.98. The minimum atomic E-state index is -2.89. The molecule has 0 N–H and O–H groups in total. The minimum Gasteiger partial charge on any atom is -0.435 e. The smallest absolute Gasteiger partial charge is 0.387 e. The maximum Gasteiger partial charge on any atom is 0.387 e. The standard InChI is InChI=1S/C18H11F3N4O3S/c19-12-5-1-10(2-6-12)15-22-14(25-28-15)9-29-18-24-23-16(27-18)11-3-7-13(8-4-11)26-17(20)21/h1-8,17H,9H2. The van der Waals surface area contributed by atoms with Crippen molar-refractivity contribution in [3.63, 3.8) is 0 Å². The summed E-state index contributed by atoms with van der Waals surface area (Å²) in [5, 5.41) is 12.0. The van der Waals surface area contributed by atoms with Gasteiger partial charge in [0.25, 0.3) is 11.1 Å². The molecule has 0 saturated heterocycles. The fraction of sp³-hybridized carbons (Fsp3) is 0.111. The van der Waals surface area contributed by atoms with E-state index in [1.54, 1.807) is 12.1 Å². The molecule has 11 heteroatoms. The Labute approximate surface area is 165 Å². The molecule has 4 aromatic rings. The van der Waals surface area contributed by atoms with Gasteiger partial charge in [-0.1, -0.05) is 16.9 Å². The van der Waals surface area contributed by atoms with E-state index in [9.17, 15) is 13.2 Å². The van der Waals surface area contributed by atoms with Gasteiger partial charge in [-0.2, -0.15) is 13.8 Å². The van der Waals surface area contributed by atoms with Crippen molar-refractivity contribution in [1.82, 2.24) is 20.3 Å². The second-order valence-corrected chi connectivity index (χ2v) is 6.51. The number of ether oxygens (including phenoxy) is 1.